The van der Waals surface area contributed by atoms with Gasteiger partial charge in [0.15, 0.2) is 17.2 Å². The van der Waals surface area contributed by atoms with E-state index in [9.17, 15) is 34.8 Å². The SMILES string of the molecule is CCC(C)CNCc1cc(N(C)C)c2c(c1O)C(=O)C1=C(O)[C@]3(O)C(=O)C(C(N)=O)C(O)C[C@@H]3C[C@@H]1C2. The van der Waals surface area contributed by atoms with E-state index in [1.165, 1.54) is 0 Å². The average molecular weight is 516 g/mol. The number of aromatic hydroxyl groups is 1. The number of benzene rings is 1. The van der Waals surface area contributed by atoms with Crippen LogP contribution in [0.5, 0.6) is 5.75 Å². The first-order valence-corrected chi connectivity index (χ1v) is 12.8. The smallest absolute Gasteiger partial charge is 0.230 e. The van der Waals surface area contributed by atoms with Gasteiger partial charge in [-0.25, -0.2) is 0 Å². The second-order valence-electron chi connectivity index (χ2n) is 11.0. The lowest BCUT2D eigenvalue weighted by molar-refractivity contribution is -0.167. The zero-order valence-corrected chi connectivity index (χ0v) is 21.7. The van der Waals surface area contributed by atoms with Crippen molar-refractivity contribution in [3.05, 3.63) is 34.1 Å². The maximum Gasteiger partial charge on any atom is 0.230 e. The molecule has 3 aliphatic carbocycles. The van der Waals surface area contributed by atoms with Gasteiger partial charge in [-0.3, -0.25) is 14.4 Å². The normalized spacial score (nSPS) is 29.9. The number of hydrogen-bond acceptors (Lipinski definition) is 9. The van der Waals surface area contributed by atoms with Crippen molar-refractivity contribution in [2.45, 2.75) is 57.8 Å². The molecule has 0 spiro atoms. The molecule has 7 N–H and O–H groups in total. The molecule has 0 aliphatic heterocycles. The number of carbonyl (C=O) groups excluding carboxylic acids is 3. The summed E-state index contributed by atoms with van der Waals surface area (Å²) in [4.78, 5) is 40.7. The molecule has 3 unspecified atom stereocenters. The minimum Gasteiger partial charge on any atom is -0.508 e. The lowest BCUT2D eigenvalue weighted by atomic mass is 9.57. The number of rotatable bonds is 7. The number of allylic oxidation sites excluding steroid dienone is 1. The largest absolute Gasteiger partial charge is 0.508 e. The van der Waals surface area contributed by atoms with Gasteiger partial charge in [0, 0.05) is 43.4 Å². The Bertz CT molecular complexity index is 1180. The number of aliphatic hydroxyl groups excluding tert-OH is 2. The number of carbonyl (C=O) groups is 3. The van der Waals surface area contributed by atoms with Gasteiger partial charge in [-0.1, -0.05) is 20.3 Å². The minimum absolute atomic E-state index is 0.0427. The number of aliphatic hydroxyl groups is 3. The summed E-state index contributed by atoms with van der Waals surface area (Å²) in [6.07, 6.45) is -0.0880. The van der Waals surface area contributed by atoms with Crippen LogP contribution in [0.25, 0.3) is 0 Å². The van der Waals surface area contributed by atoms with Crippen LogP contribution in [-0.4, -0.2) is 70.2 Å². The highest BCUT2D eigenvalue weighted by molar-refractivity contribution is 6.16. The van der Waals surface area contributed by atoms with E-state index in [0.717, 1.165) is 18.7 Å². The number of fused-ring (bicyclic) bond motifs is 3. The molecule has 0 heterocycles. The van der Waals surface area contributed by atoms with Crippen molar-refractivity contribution in [2.75, 3.05) is 25.5 Å². The Labute approximate surface area is 216 Å². The Morgan fingerprint density at radius 2 is 1.95 bits per heavy atom. The van der Waals surface area contributed by atoms with Crippen molar-refractivity contribution in [1.82, 2.24) is 5.32 Å². The Hall–Kier alpha value is -2.95. The highest BCUT2D eigenvalue weighted by Crippen LogP contribution is 2.52. The molecule has 10 heteroatoms. The van der Waals surface area contributed by atoms with Gasteiger partial charge in [0.05, 0.1) is 11.7 Å². The summed E-state index contributed by atoms with van der Waals surface area (Å²) in [5.41, 5.74) is 4.62. The number of anilines is 1. The third-order valence-corrected chi connectivity index (χ3v) is 8.43. The van der Waals surface area contributed by atoms with Crippen LogP contribution in [0.15, 0.2) is 17.4 Å². The molecule has 10 nitrogen and oxygen atoms in total. The Kier molecular flexibility index (Phi) is 7.13. The molecule has 6 atom stereocenters. The molecule has 1 amide bonds. The summed E-state index contributed by atoms with van der Waals surface area (Å²) in [6, 6.07) is 1.85. The van der Waals surface area contributed by atoms with Crippen LogP contribution in [0.1, 0.15) is 54.6 Å². The standard InChI is InChI=1S/C27H37N3O7/c1-5-12(2)10-29-11-14-8-17(30(3)4)16-7-13-6-15-9-18(31)21(26(28)36)25(35)27(15,37)24(34)19(13)23(33)20(16)22(14)32/h8,12-13,15,18,21,29,31-32,34,37H,5-7,9-11H2,1-4H3,(H2,28,36)/t12?,13-,15+,18?,21?,27+/m1/s1. The second-order valence-corrected chi connectivity index (χ2v) is 11.0. The quantitative estimate of drug-likeness (QED) is 0.289. The monoisotopic (exact) mass is 515 g/mol. The molecule has 37 heavy (non-hydrogen) atoms. The molecular formula is C27H37N3O7. The fourth-order valence-electron chi connectivity index (χ4n) is 6.16. The van der Waals surface area contributed by atoms with Crippen LogP contribution in [0.3, 0.4) is 0 Å². The number of nitrogens with zero attached hydrogens (tertiary/aromatic N) is 1. The van der Waals surface area contributed by atoms with Crippen LogP contribution in [-0.2, 0) is 22.6 Å². The van der Waals surface area contributed by atoms with Gasteiger partial charge in [0.1, 0.15) is 17.4 Å². The predicted octanol–water partition coefficient (Wildman–Crippen LogP) is 0.947. The van der Waals surface area contributed by atoms with Gasteiger partial charge >= 0.3 is 0 Å². The van der Waals surface area contributed by atoms with Crippen LogP contribution >= 0.6 is 0 Å². The van der Waals surface area contributed by atoms with Crippen molar-refractivity contribution in [3.8, 4) is 5.75 Å². The molecule has 202 valence electrons. The van der Waals surface area contributed by atoms with E-state index < -0.39 is 52.7 Å². The predicted molar refractivity (Wildman–Crippen MR) is 136 cm³/mol. The third-order valence-electron chi connectivity index (χ3n) is 8.43. The number of hydrogen-bond donors (Lipinski definition) is 6. The van der Waals surface area contributed by atoms with E-state index in [1.54, 1.807) is 0 Å². The van der Waals surface area contributed by atoms with Gasteiger partial charge < -0.3 is 36.4 Å². The molecule has 1 saturated carbocycles. The zero-order chi connectivity index (χ0) is 27.4. The summed E-state index contributed by atoms with van der Waals surface area (Å²) in [5.74, 6) is -6.56. The van der Waals surface area contributed by atoms with Crippen molar-refractivity contribution in [2.24, 2.45) is 29.4 Å². The Morgan fingerprint density at radius 1 is 1.27 bits per heavy atom. The first kappa shape index (κ1) is 27.1. The summed E-state index contributed by atoms with van der Waals surface area (Å²) in [6.45, 7) is 5.26. The minimum atomic E-state index is -2.51. The molecular weight excluding hydrogens is 478 g/mol. The van der Waals surface area contributed by atoms with Crippen LogP contribution in [0.2, 0.25) is 0 Å². The van der Waals surface area contributed by atoms with Crippen LogP contribution in [0, 0.1) is 23.7 Å². The van der Waals surface area contributed by atoms with E-state index in [-0.39, 0.29) is 36.1 Å². The lowest BCUT2D eigenvalue weighted by Crippen LogP contribution is -2.63. The third kappa shape index (κ3) is 4.20. The molecule has 0 aromatic heterocycles. The topological polar surface area (TPSA) is 173 Å². The van der Waals surface area contributed by atoms with E-state index in [2.05, 4.69) is 19.2 Å². The Balaban J connectivity index is 1.81. The molecule has 3 aliphatic rings. The highest BCUT2D eigenvalue weighted by Gasteiger charge is 2.62. The molecule has 0 saturated heterocycles. The number of nitrogens with one attached hydrogen (secondary N) is 1. The zero-order valence-electron chi connectivity index (χ0n) is 21.7. The van der Waals surface area contributed by atoms with E-state index in [0.29, 0.717) is 23.6 Å². The van der Waals surface area contributed by atoms with Gasteiger partial charge in [0.25, 0.3) is 0 Å². The number of primary amides is 1. The number of ketones is 2. The molecule has 1 fully saturated rings. The fourth-order valence-corrected chi connectivity index (χ4v) is 6.16. The molecule has 0 radical (unpaired) electrons. The van der Waals surface area contributed by atoms with Gasteiger partial charge in [-0.05, 0) is 49.3 Å². The molecule has 4 rings (SSSR count). The number of nitrogens with two attached hydrogens (primary N) is 1. The van der Waals surface area contributed by atoms with Gasteiger partial charge in [-0.15, -0.1) is 0 Å². The number of phenolic OH excluding ortho intramolecular Hbond substituents is 1. The van der Waals surface area contributed by atoms with E-state index in [1.807, 2.05) is 25.1 Å². The van der Waals surface area contributed by atoms with E-state index in [4.69, 9.17) is 5.73 Å². The number of amides is 1. The van der Waals surface area contributed by atoms with E-state index >= 15 is 0 Å². The average Bonchev–Trinajstić information content (AvgIpc) is 2.82. The van der Waals surface area contributed by atoms with Crippen molar-refractivity contribution < 1.29 is 34.8 Å². The summed E-state index contributed by atoms with van der Waals surface area (Å²) in [7, 11) is 3.69. The maximum absolute atomic E-state index is 13.9. The van der Waals surface area contributed by atoms with Crippen molar-refractivity contribution in [1.29, 1.82) is 0 Å². The van der Waals surface area contributed by atoms with Gasteiger partial charge in [-0.2, -0.15) is 0 Å². The summed E-state index contributed by atoms with van der Waals surface area (Å²) >= 11 is 0. The lowest BCUT2D eigenvalue weighted by Gasteiger charge is -2.48. The van der Waals surface area contributed by atoms with Crippen molar-refractivity contribution in [3.63, 3.8) is 0 Å². The molecule has 1 aromatic rings. The molecule has 0 bridgehead atoms. The molecule has 1 aromatic carbocycles. The van der Waals surface area contributed by atoms with Crippen LogP contribution < -0.4 is 16.0 Å². The fraction of sp³-hybridized carbons (Fsp3) is 0.593. The van der Waals surface area contributed by atoms with Crippen LogP contribution in [0.4, 0.5) is 5.69 Å². The Morgan fingerprint density at radius 3 is 2.54 bits per heavy atom. The first-order valence-electron chi connectivity index (χ1n) is 12.8. The van der Waals surface area contributed by atoms with Gasteiger partial charge in [0.2, 0.25) is 5.91 Å². The number of phenols is 1. The second kappa shape index (κ2) is 9.74. The van der Waals surface area contributed by atoms with Crippen molar-refractivity contribution >= 4 is 23.2 Å². The summed E-state index contributed by atoms with van der Waals surface area (Å²) in [5, 5.41) is 47.6. The first-order chi connectivity index (χ1) is 17.3. The maximum atomic E-state index is 13.9. The summed E-state index contributed by atoms with van der Waals surface area (Å²) < 4.78 is 0. The highest BCUT2D eigenvalue weighted by atomic mass is 16.3. The number of Topliss-reactive ketones (excluding diaryl/α,β-unsaturated/α-hetero) is 2.